The lowest BCUT2D eigenvalue weighted by Crippen LogP contribution is -2.23. The molecular formula is C38H53F3N8OS. The van der Waals surface area contributed by atoms with Crippen molar-refractivity contribution < 1.29 is 13.2 Å². The number of halogens is 3. The topological polar surface area (TPSA) is 153 Å². The van der Waals surface area contributed by atoms with E-state index in [1.807, 2.05) is 57.3 Å². The lowest BCUT2D eigenvalue weighted by molar-refractivity contribution is -0.0328. The first-order chi connectivity index (χ1) is 23.8. The minimum absolute atomic E-state index is 0.0248. The van der Waals surface area contributed by atoms with E-state index in [-0.39, 0.29) is 44.6 Å². The molecule has 0 atom stereocenters. The molecule has 1 saturated carbocycles. The second-order valence-electron chi connectivity index (χ2n) is 15.5. The number of rotatable bonds is 12. The summed E-state index contributed by atoms with van der Waals surface area (Å²) in [5, 5.41) is 4.27. The summed E-state index contributed by atoms with van der Waals surface area (Å²) in [5.41, 5.74) is 17.4. The molecule has 0 bridgehead atoms. The predicted octanol–water partition coefficient (Wildman–Crippen LogP) is 7.03. The molecule has 0 unspecified atom stereocenters. The predicted molar refractivity (Wildman–Crippen MR) is 203 cm³/mol. The summed E-state index contributed by atoms with van der Waals surface area (Å²) < 4.78 is 39.6. The number of nitrogens with zero attached hydrogens (tertiary/aromatic N) is 3. The first kappa shape index (κ1) is 40.0. The van der Waals surface area contributed by atoms with Crippen molar-refractivity contribution in [2.24, 2.45) is 27.6 Å². The molecule has 2 aromatic carbocycles. The molecule has 1 aliphatic carbocycles. The molecule has 2 heterocycles. The number of aromatic amines is 1. The van der Waals surface area contributed by atoms with Crippen molar-refractivity contribution in [1.82, 2.24) is 19.9 Å². The third-order valence-electron chi connectivity index (χ3n) is 9.07. The number of nitrogens with two attached hydrogens (primary N) is 3. The highest BCUT2D eigenvalue weighted by Crippen LogP contribution is 2.48. The third kappa shape index (κ3) is 12.1. The molecule has 0 aliphatic heterocycles. The monoisotopic (exact) mass is 726 g/mol. The van der Waals surface area contributed by atoms with Gasteiger partial charge >= 0.3 is 11.2 Å². The van der Waals surface area contributed by atoms with Gasteiger partial charge in [0.05, 0.1) is 5.69 Å². The molecule has 1 fully saturated rings. The Labute approximate surface area is 303 Å². The van der Waals surface area contributed by atoms with Gasteiger partial charge in [-0.2, -0.15) is 18.2 Å². The van der Waals surface area contributed by atoms with E-state index in [4.69, 9.17) is 17.2 Å². The number of aryl methyl sites for hydroxylation is 1. The fraction of sp³-hybridized carbons (Fsp3) is 0.500. The lowest BCUT2D eigenvalue weighted by Gasteiger charge is -2.22. The fourth-order valence-corrected chi connectivity index (χ4v) is 6.24. The van der Waals surface area contributed by atoms with Gasteiger partial charge in [-0.15, -0.1) is 0 Å². The summed E-state index contributed by atoms with van der Waals surface area (Å²) in [7, 11) is 0. The molecule has 278 valence electrons. The largest absolute Gasteiger partial charge is 0.446 e. The summed E-state index contributed by atoms with van der Waals surface area (Å²) in [4.78, 5) is 24.2. The quantitative estimate of drug-likeness (QED) is 0.0455. The molecule has 8 N–H and O–H groups in total. The number of H-pyrrole nitrogens is 1. The number of benzene rings is 2. The molecule has 0 amide bonds. The Morgan fingerprint density at radius 1 is 1.00 bits per heavy atom. The zero-order chi connectivity index (χ0) is 37.6. The normalized spacial score (nSPS) is 14.2. The van der Waals surface area contributed by atoms with Gasteiger partial charge < -0.3 is 27.5 Å². The molecule has 2 aromatic heterocycles. The maximum Gasteiger partial charge on any atom is 0.446 e. The van der Waals surface area contributed by atoms with E-state index in [9.17, 15) is 18.0 Å². The average molecular weight is 727 g/mol. The molecular weight excluding hydrogens is 674 g/mol. The highest BCUT2D eigenvalue weighted by molar-refractivity contribution is 8.00. The second kappa shape index (κ2) is 16.2. The lowest BCUT2D eigenvalue weighted by atomic mass is 9.85. The van der Waals surface area contributed by atoms with Crippen LogP contribution in [0.15, 0.2) is 69.4 Å². The van der Waals surface area contributed by atoms with Crippen LogP contribution < -0.4 is 28.2 Å². The minimum atomic E-state index is -4.25. The van der Waals surface area contributed by atoms with E-state index in [0.29, 0.717) is 18.7 Å². The number of aliphatic imine (C=N–C) groups is 1. The molecule has 13 heteroatoms. The van der Waals surface area contributed by atoms with Crippen LogP contribution in [-0.2, 0) is 23.8 Å². The first-order valence-corrected chi connectivity index (χ1v) is 18.2. The Bertz CT molecular complexity index is 1840. The zero-order valence-corrected chi connectivity index (χ0v) is 31.4. The van der Waals surface area contributed by atoms with Crippen LogP contribution in [0.2, 0.25) is 0 Å². The van der Waals surface area contributed by atoms with Gasteiger partial charge in [0.2, 0.25) is 0 Å². The first-order valence-electron chi connectivity index (χ1n) is 17.4. The van der Waals surface area contributed by atoms with Crippen molar-refractivity contribution in [3.8, 4) is 5.69 Å². The second-order valence-corrected chi connectivity index (χ2v) is 16.6. The summed E-state index contributed by atoms with van der Waals surface area (Å²) in [6, 6.07) is 15.3. The van der Waals surface area contributed by atoms with Gasteiger partial charge in [0, 0.05) is 40.7 Å². The molecule has 0 saturated heterocycles. The van der Waals surface area contributed by atoms with Gasteiger partial charge in [-0.1, -0.05) is 59.7 Å². The Hall–Kier alpha value is -3.81. The van der Waals surface area contributed by atoms with Crippen molar-refractivity contribution in [1.29, 1.82) is 0 Å². The van der Waals surface area contributed by atoms with Crippen molar-refractivity contribution >= 4 is 28.8 Å². The van der Waals surface area contributed by atoms with Gasteiger partial charge in [0.1, 0.15) is 5.65 Å². The highest BCUT2D eigenvalue weighted by atomic mass is 32.2. The average Bonchev–Trinajstić information content (AvgIpc) is 3.69. The van der Waals surface area contributed by atoms with Crippen LogP contribution in [0.3, 0.4) is 0 Å². The molecule has 9 nitrogen and oxygen atoms in total. The SMILES string of the molecule is CC(C)(C)c1cc(CCC2(CN)CC2)cc(SC(F)(F)F)c1.CC(C)(C)c1cc2cn(-c3ccc(CNCCCN=C(N)N)cc3)c(=O)nc2[nH]1. The summed E-state index contributed by atoms with van der Waals surface area (Å²) >= 11 is -0.0248. The van der Waals surface area contributed by atoms with E-state index in [2.05, 4.69) is 47.1 Å². The number of fused-ring (bicyclic) bond motifs is 1. The van der Waals surface area contributed by atoms with E-state index >= 15 is 0 Å². The number of thioether (sulfide) groups is 1. The Balaban J connectivity index is 0.000000238. The smallest absolute Gasteiger partial charge is 0.370 e. The van der Waals surface area contributed by atoms with Gasteiger partial charge in [-0.3, -0.25) is 9.56 Å². The van der Waals surface area contributed by atoms with Crippen molar-refractivity contribution in [2.75, 3.05) is 19.6 Å². The van der Waals surface area contributed by atoms with Crippen LogP contribution in [0.1, 0.15) is 89.6 Å². The Kier molecular flexibility index (Phi) is 12.7. The molecule has 51 heavy (non-hydrogen) atoms. The third-order valence-corrected chi connectivity index (χ3v) is 9.77. The van der Waals surface area contributed by atoms with Gasteiger partial charge in [-0.25, -0.2) is 4.79 Å². The van der Waals surface area contributed by atoms with Gasteiger partial charge in [0.25, 0.3) is 0 Å². The van der Waals surface area contributed by atoms with Crippen LogP contribution in [0, 0.1) is 5.41 Å². The van der Waals surface area contributed by atoms with Crippen LogP contribution in [0.5, 0.6) is 0 Å². The number of aromatic nitrogens is 3. The summed E-state index contributed by atoms with van der Waals surface area (Å²) in [6.07, 6.45) is 6.76. The van der Waals surface area contributed by atoms with E-state index in [1.165, 1.54) is 0 Å². The number of hydrogen-bond acceptors (Lipinski definition) is 6. The van der Waals surface area contributed by atoms with Crippen molar-refractivity contribution in [3.63, 3.8) is 0 Å². The van der Waals surface area contributed by atoms with Crippen LogP contribution in [-0.4, -0.2) is 45.6 Å². The van der Waals surface area contributed by atoms with E-state index < -0.39 is 5.51 Å². The molecule has 1 aliphatic rings. The summed E-state index contributed by atoms with van der Waals surface area (Å²) in [5.74, 6) is 0.123. The van der Waals surface area contributed by atoms with Crippen molar-refractivity contribution in [3.05, 3.63) is 87.6 Å². The maximum atomic E-state index is 12.7. The number of hydrogen-bond donors (Lipinski definition) is 5. The van der Waals surface area contributed by atoms with Crippen LogP contribution >= 0.6 is 11.8 Å². The minimum Gasteiger partial charge on any atom is -0.370 e. The molecule has 0 radical (unpaired) electrons. The standard InChI is InChI=1S/C21H29N7O.C17H24F3NS/c1-21(2,3)17-11-15-13-28(20(29)27-18(15)26-17)16-7-5-14(6-8-16)12-24-9-4-10-25-19(22)23;1-15(2,3)13-8-12(4-5-16(11-21)6-7-16)9-14(10-13)22-17(18,19)20/h5-8,11,13,24H,4,9-10,12H2,1-3H3,(H4,22,23,25)(H,26,27,29);8-10H,4-7,11,21H2,1-3H3. The van der Waals surface area contributed by atoms with Gasteiger partial charge in [-0.05, 0) is 115 Å². The number of alkyl halides is 3. The van der Waals surface area contributed by atoms with Crippen molar-refractivity contribution in [2.45, 2.75) is 101 Å². The molecule has 4 aromatic rings. The zero-order valence-electron chi connectivity index (χ0n) is 30.6. The number of guanidine groups is 1. The van der Waals surface area contributed by atoms with Crippen LogP contribution in [0.4, 0.5) is 13.2 Å². The Morgan fingerprint density at radius 3 is 2.25 bits per heavy atom. The van der Waals surface area contributed by atoms with E-state index in [1.54, 1.807) is 16.7 Å². The summed E-state index contributed by atoms with van der Waals surface area (Å²) in [6.45, 7) is 15.3. The Morgan fingerprint density at radius 2 is 1.69 bits per heavy atom. The molecule has 0 spiro atoms. The van der Waals surface area contributed by atoms with E-state index in [0.717, 1.165) is 78.7 Å². The fourth-order valence-electron chi connectivity index (χ4n) is 5.58. The van der Waals surface area contributed by atoms with Crippen LogP contribution in [0.25, 0.3) is 16.7 Å². The maximum absolute atomic E-state index is 12.7. The highest BCUT2D eigenvalue weighted by Gasteiger charge is 2.40. The molecule has 5 rings (SSSR count). The van der Waals surface area contributed by atoms with Gasteiger partial charge in [0.15, 0.2) is 5.96 Å². The number of nitrogens with one attached hydrogen (secondary N) is 2.